The predicted octanol–water partition coefficient (Wildman–Crippen LogP) is 5.01. The second-order valence-corrected chi connectivity index (χ2v) is 8.26. The van der Waals surface area contributed by atoms with Gasteiger partial charge in [-0.3, -0.25) is 10.1 Å². The Morgan fingerprint density at radius 3 is 2.69 bits per heavy atom. The van der Waals surface area contributed by atoms with Crippen molar-refractivity contribution >= 4 is 22.2 Å². The van der Waals surface area contributed by atoms with Gasteiger partial charge in [0.05, 0.1) is 5.39 Å². The summed E-state index contributed by atoms with van der Waals surface area (Å²) in [6, 6.07) is 10.0. The minimum absolute atomic E-state index is 0.191. The van der Waals surface area contributed by atoms with Gasteiger partial charge in [-0.2, -0.15) is 5.10 Å². The van der Waals surface area contributed by atoms with Gasteiger partial charge in [-0.1, -0.05) is 25.1 Å². The van der Waals surface area contributed by atoms with Crippen molar-refractivity contribution in [3.8, 4) is 33.8 Å². The van der Waals surface area contributed by atoms with Crippen LogP contribution in [-0.2, 0) is 6.54 Å². The molecular formula is C26H20F2N8. The second kappa shape index (κ2) is 8.90. The van der Waals surface area contributed by atoms with Crippen molar-refractivity contribution in [1.82, 2.24) is 40.4 Å². The molecule has 0 amide bonds. The average molecular weight is 482 g/mol. The van der Waals surface area contributed by atoms with E-state index in [2.05, 4.69) is 40.4 Å². The summed E-state index contributed by atoms with van der Waals surface area (Å²) in [5.74, 6) is -0.567. The summed E-state index contributed by atoms with van der Waals surface area (Å²) in [6.07, 6.45) is 6.38. The first-order valence-electron chi connectivity index (χ1n) is 11.4. The molecule has 0 atom stereocenters. The standard InChI is InChI=1S/C26H20F2N8/c1-2-29-10-14-9-15(12-30-11-14)18-13-32-24-20(21(18)28)23(35-36-24)26-33-22-17(7-8-31-25(22)34-26)16-5-3-4-6-19(16)27/h3-9,11-13,29H,2,10H2,1H3,(H,31,33,34)(H,32,35,36). The summed E-state index contributed by atoms with van der Waals surface area (Å²) in [5.41, 5.74) is 4.25. The van der Waals surface area contributed by atoms with Crippen LogP contribution in [0.25, 0.3) is 56.0 Å². The predicted molar refractivity (Wildman–Crippen MR) is 133 cm³/mol. The number of aromatic nitrogens is 7. The number of hydrogen-bond acceptors (Lipinski definition) is 6. The number of fused-ring (bicyclic) bond motifs is 2. The van der Waals surface area contributed by atoms with Crippen LogP contribution in [0.3, 0.4) is 0 Å². The van der Waals surface area contributed by atoms with Gasteiger partial charge in [0.1, 0.15) is 22.8 Å². The van der Waals surface area contributed by atoms with Crippen LogP contribution in [0.2, 0.25) is 0 Å². The molecule has 0 saturated carbocycles. The van der Waals surface area contributed by atoms with E-state index in [1.54, 1.807) is 42.9 Å². The first-order valence-corrected chi connectivity index (χ1v) is 11.4. The van der Waals surface area contributed by atoms with Gasteiger partial charge in [0.2, 0.25) is 0 Å². The van der Waals surface area contributed by atoms with E-state index in [0.29, 0.717) is 45.8 Å². The molecule has 0 fully saturated rings. The molecule has 10 heteroatoms. The molecule has 5 aromatic heterocycles. The van der Waals surface area contributed by atoms with Crippen LogP contribution in [-0.4, -0.2) is 41.7 Å². The molecule has 8 nitrogen and oxygen atoms in total. The summed E-state index contributed by atoms with van der Waals surface area (Å²) in [7, 11) is 0. The quantitative estimate of drug-likeness (QED) is 0.308. The smallest absolute Gasteiger partial charge is 0.161 e. The molecule has 0 aliphatic heterocycles. The lowest BCUT2D eigenvalue weighted by atomic mass is 10.1. The van der Waals surface area contributed by atoms with Crippen molar-refractivity contribution in [1.29, 1.82) is 0 Å². The van der Waals surface area contributed by atoms with Crippen LogP contribution in [0.5, 0.6) is 0 Å². The van der Waals surface area contributed by atoms with E-state index in [-0.39, 0.29) is 22.5 Å². The molecular weight excluding hydrogens is 462 g/mol. The Balaban J connectivity index is 1.48. The molecule has 0 unspecified atom stereocenters. The number of aromatic amines is 2. The number of rotatable bonds is 6. The molecule has 0 aliphatic rings. The maximum atomic E-state index is 15.9. The monoisotopic (exact) mass is 482 g/mol. The Bertz CT molecular complexity index is 1720. The summed E-state index contributed by atoms with van der Waals surface area (Å²) >= 11 is 0. The highest BCUT2D eigenvalue weighted by atomic mass is 19.1. The van der Waals surface area contributed by atoms with Gasteiger partial charge in [-0.25, -0.2) is 23.7 Å². The van der Waals surface area contributed by atoms with Crippen molar-refractivity contribution in [3.05, 3.63) is 78.4 Å². The van der Waals surface area contributed by atoms with Crippen molar-refractivity contribution in [3.63, 3.8) is 0 Å². The van der Waals surface area contributed by atoms with E-state index in [0.717, 1.165) is 12.1 Å². The van der Waals surface area contributed by atoms with Crippen LogP contribution >= 0.6 is 0 Å². The third-order valence-corrected chi connectivity index (χ3v) is 5.98. The zero-order valence-corrected chi connectivity index (χ0v) is 19.2. The van der Waals surface area contributed by atoms with E-state index >= 15 is 4.39 Å². The minimum atomic E-state index is -0.492. The van der Waals surface area contributed by atoms with Crippen LogP contribution in [0, 0.1) is 11.6 Å². The molecule has 0 aliphatic carbocycles. The Hall–Kier alpha value is -4.57. The van der Waals surface area contributed by atoms with Crippen LogP contribution < -0.4 is 5.32 Å². The number of hydrogen-bond donors (Lipinski definition) is 3. The zero-order chi connectivity index (χ0) is 24.6. The summed E-state index contributed by atoms with van der Waals surface area (Å²) in [6.45, 7) is 3.46. The van der Waals surface area contributed by atoms with Gasteiger partial charge >= 0.3 is 0 Å². The maximum Gasteiger partial charge on any atom is 0.161 e. The van der Waals surface area contributed by atoms with E-state index < -0.39 is 5.82 Å². The molecule has 0 spiro atoms. The molecule has 6 aromatic rings. The Morgan fingerprint density at radius 2 is 1.83 bits per heavy atom. The SMILES string of the molecule is CCNCc1cncc(-c2cnc3[nH]nc(-c4nc5c(-c6ccccc6F)ccnc5[nH]4)c3c2F)c1. The normalized spacial score (nSPS) is 11.5. The zero-order valence-electron chi connectivity index (χ0n) is 19.2. The van der Waals surface area contributed by atoms with Gasteiger partial charge in [0, 0.05) is 53.6 Å². The Labute approximate surface area is 203 Å². The number of nitrogens with zero attached hydrogens (tertiary/aromatic N) is 5. The molecule has 0 radical (unpaired) electrons. The summed E-state index contributed by atoms with van der Waals surface area (Å²) in [4.78, 5) is 20.7. The number of H-pyrrole nitrogens is 2. The maximum absolute atomic E-state index is 15.9. The van der Waals surface area contributed by atoms with Gasteiger partial charge in [0.15, 0.2) is 17.1 Å². The van der Waals surface area contributed by atoms with Gasteiger partial charge in [0.25, 0.3) is 0 Å². The first kappa shape index (κ1) is 21.9. The van der Waals surface area contributed by atoms with Gasteiger partial charge in [-0.05, 0) is 30.3 Å². The number of halogens is 2. The molecule has 5 heterocycles. The third-order valence-electron chi connectivity index (χ3n) is 5.98. The van der Waals surface area contributed by atoms with E-state index in [1.807, 2.05) is 13.0 Å². The van der Waals surface area contributed by atoms with Gasteiger partial charge < -0.3 is 10.3 Å². The molecule has 3 N–H and O–H groups in total. The topological polar surface area (TPSA) is 108 Å². The Kier molecular flexibility index (Phi) is 5.42. The third kappa shape index (κ3) is 3.68. The number of pyridine rings is 3. The fourth-order valence-electron chi connectivity index (χ4n) is 4.25. The number of nitrogens with one attached hydrogen (secondary N) is 3. The second-order valence-electron chi connectivity index (χ2n) is 8.26. The largest absolute Gasteiger partial charge is 0.321 e. The van der Waals surface area contributed by atoms with Gasteiger partial charge in [-0.15, -0.1) is 0 Å². The van der Waals surface area contributed by atoms with E-state index in [9.17, 15) is 4.39 Å². The molecule has 0 saturated heterocycles. The molecule has 1 aromatic carbocycles. The fourth-order valence-corrected chi connectivity index (χ4v) is 4.25. The average Bonchev–Trinajstić information content (AvgIpc) is 3.53. The van der Waals surface area contributed by atoms with Crippen LogP contribution in [0.4, 0.5) is 8.78 Å². The van der Waals surface area contributed by atoms with Crippen molar-refractivity contribution < 1.29 is 8.78 Å². The van der Waals surface area contributed by atoms with E-state index in [1.165, 1.54) is 12.3 Å². The van der Waals surface area contributed by atoms with Crippen LogP contribution in [0.15, 0.2) is 61.2 Å². The lowest BCUT2D eigenvalue weighted by Crippen LogP contribution is -2.11. The highest BCUT2D eigenvalue weighted by molar-refractivity contribution is 5.96. The lowest BCUT2D eigenvalue weighted by Gasteiger charge is -2.07. The lowest BCUT2D eigenvalue weighted by molar-refractivity contribution is 0.631. The summed E-state index contributed by atoms with van der Waals surface area (Å²) in [5, 5.41) is 10.5. The van der Waals surface area contributed by atoms with Crippen LogP contribution in [0.1, 0.15) is 12.5 Å². The van der Waals surface area contributed by atoms with Crippen molar-refractivity contribution in [2.45, 2.75) is 13.5 Å². The van der Waals surface area contributed by atoms with Crippen molar-refractivity contribution in [2.24, 2.45) is 0 Å². The number of benzene rings is 1. The minimum Gasteiger partial charge on any atom is -0.321 e. The first-order chi connectivity index (χ1) is 17.6. The Morgan fingerprint density at radius 1 is 0.944 bits per heavy atom. The molecule has 0 bridgehead atoms. The highest BCUT2D eigenvalue weighted by Gasteiger charge is 2.22. The molecule has 6 rings (SSSR count). The van der Waals surface area contributed by atoms with E-state index in [4.69, 9.17) is 0 Å². The highest BCUT2D eigenvalue weighted by Crippen LogP contribution is 2.34. The van der Waals surface area contributed by atoms with Crippen molar-refractivity contribution in [2.75, 3.05) is 6.54 Å². The summed E-state index contributed by atoms with van der Waals surface area (Å²) < 4.78 is 30.4. The molecule has 36 heavy (non-hydrogen) atoms. The number of imidazole rings is 1. The fraction of sp³-hybridized carbons (Fsp3) is 0.115. The molecule has 178 valence electrons.